The SMILES string of the molecule is CCCCCC(C)Nc1nc(C)cs1. The maximum absolute atomic E-state index is 4.39. The number of hydrogen-bond acceptors (Lipinski definition) is 3. The first-order valence-electron chi connectivity index (χ1n) is 5.41. The van der Waals surface area contributed by atoms with E-state index in [9.17, 15) is 0 Å². The number of aromatic nitrogens is 1. The molecule has 0 saturated carbocycles. The summed E-state index contributed by atoms with van der Waals surface area (Å²) in [7, 11) is 0. The summed E-state index contributed by atoms with van der Waals surface area (Å²) < 4.78 is 0. The standard InChI is InChI=1S/C11H20N2S/c1-4-5-6-7-9(2)12-11-13-10(3)8-14-11/h8-9H,4-7H2,1-3H3,(H,12,13). The van der Waals surface area contributed by atoms with E-state index in [1.165, 1.54) is 25.7 Å². The van der Waals surface area contributed by atoms with Crippen LogP contribution in [0.2, 0.25) is 0 Å². The summed E-state index contributed by atoms with van der Waals surface area (Å²) in [5.41, 5.74) is 1.11. The lowest BCUT2D eigenvalue weighted by molar-refractivity contribution is 0.615. The molecule has 1 N–H and O–H groups in total. The highest BCUT2D eigenvalue weighted by molar-refractivity contribution is 7.13. The van der Waals surface area contributed by atoms with Crippen LogP contribution in [0.3, 0.4) is 0 Å². The lowest BCUT2D eigenvalue weighted by Gasteiger charge is -2.11. The largest absolute Gasteiger partial charge is 0.359 e. The fourth-order valence-corrected chi connectivity index (χ4v) is 2.20. The van der Waals surface area contributed by atoms with E-state index >= 15 is 0 Å². The molecule has 1 aromatic heterocycles. The van der Waals surface area contributed by atoms with Gasteiger partial charge in [-0.3, -0.25) is 0 Å². The minimum atomic E-state index is 0.548. The average molecular weight is 212 g/mol. The van der Waals surface area contributed by atoms with Crippen LogP contribution in [0.25, 0.3) is 0 Å². The molecule has 0 aliphatic rings. The topological polar surface area (TPSA) is 24.9 Å². The van der Waals surface area contributed by atoms with E-state index < -0.39 is 0 Å². The number of hydrogen-bond donors (Lipinski definition) is 1. The maximum Gasteiger partial charge on any atom is 0.183 e. The molecule has 1 rings (SSSR count). The molecular weight excluding hydrogens is 192 g/mol. The Morgan fingerprint density at radius 1 is 1.50 bits per heavy atom. The van der Waals surface area contributed by atoms with Gasteiger partial charge in [0, 0.05) is 11.4 Å². The number of thiazole rings is 1. The average Bonchev–Trinajstić information content (AvgIpc) is 2.52. The molecule has 0 aromatic carbocycles. The van der Waals surface area contributed by atoms with Crippen molar-refractivity contribution in [1.29, 1.82) is 0 Å². The van der Waals surface area contributed by atoms with Gasteiger partial charge >= 0.3 is 0 Å². The molecule has 14 heavy (non-hydrogen) atoms. The number of unbranched alkanes of at least 4 members (excludes halogenated alkanes) is 2. The second kappa shape index (κ2) is 6.02. The van der Waals surface area contributed by atoms with E-state index in [1.54, 1.807) is 11.3 Å². The van der Waals surface area contributed by atoms with Gasteiger partial charge in [0.15, 0.2) is 5.13 Å². The van der Waals surface area contributed by atoms with Crippen LogP contribution in [0.4, 0.5) is 5.13 Å². The van der Waals surface area contributed by atoms with Crippen molar-refractivity contribution in [2.75, 3.05) is 5.32 Å². The number of rotatable bonds is 6. The number of aryl methyl sites for hydroxylation is 1. The Balaban J connectivity index is 2.23. The van der Waals surface area contributed by atoms with Crippen molar-refractivity contribution in [3.05, 3.63) is 11.1 Å². The molecule has 3 heteroatoms. The number of anilines is 1. The van der Waals surface area contributed by atoms with Gasteiger partial charge in [0.25, 0.3) is 0 Å². The molecule has 0 radical (unpaired) electrons. The van der Waals surface area contributed by atoms with Crippen molar-refractivity contribution < 1.29 is 0 Å². The van der Waals surface area contributed by atoms with Crippen molar-refractivity contribution in [2.45, 2.75) is 52.5 Å². The molecule has 1 aromatic rings. The van der Waals surface area contributed by atoms with Crippen LogP contribution in [0.5, 0.6) is 0 Å². The molecule has 1 heterocycles. The zero-order valence-electron chi connectivity index (χ0n) is 9.34. The molecule has 2 nitrogen and oxygen atoms in total. The summed E-state index contributed by atoms with van der Waals surface area (Å²) in [5.74, 6) is 0. The summed E-state index contributed by atoms with van der Waals surface area (Å²) in [4.78, 5) is 4.39. The minimum absolute atomic E-state index is 0.548. The Morgan fingerprint density at radius 2 is 2.29 bits per heavy atom. The third-order valence-electron chi connectivity index (χ3n) is 2.23. The van der Waals surface area contributed by atoms with Gasteiger partial charge < -0.3 is 5.32 Å². The summed E-state index contributed by atoms with van der Waals surface area (Å²) in [5, 5.41) is 6.57. The molecule has 0 aliphatic carbocycles. The van der Waals surface area contributed by atoms with E-state index in [2.05, 4.69) is 29.5 Å². The lowest BCUT2D eigenvalue weighted by Crippen LogP contribution is -2.14. The second-order valence-electron chi connectivity index (χ2n) is 3.84. The maximum atomic E-state index is 4.39. The van der Waals surface area contributed by atoms with Crippen molar-refractivity contribution in [1.82, 2.24) is 4.98 Å². The number of nitrogens with zero attached hydrogens (tertiary/aromatic N) is 1. The van der Waals surface area contributed by atoms with Crippen molar-refractivity contribution in [3.63, 3.8) is 0 Å². The highest BCUT2D eigenvalue weighted by atomic mass is 32.1. The van der Waals surface area contributed by atoms with E-state index in [-0.39, 0.29) is 0 Å². The predicted octanol–water partition coefficient (Wildman–Crippen LogP) is 3.83. The first-order valence-corrected chi connectivity index (χ1v) is 6.29. The third kappa shape index (κ3) is 4.09. The minimum Gasteiger partial charge on any atom is -0.359 e. The van der Waals surface area contributed by atoms with Crippen LogP contribution in [-0.4, -0.2) is 11.0 Å². The molecule has 0 fully saturated rings. The highest BCUT2D eigenvalue weighted by Crippen LogP contribution is 2.17. The normalized spacial score (nSPS) is 12.8. The summed E-state index contributed by atoms with van der Waals surface area (Å²) >= 11 is 1.69. The summed E-state index contributed by atoms with van der Waals surface area (Å²) in [6.45, 7) is 6.50. The fraction of sp³-hybridized carbons (Fsp3) is 0.727. The first kappa shape index (κ1) is 11.5. The quantitative estimate of drug-likeness (QED) is 0.725. The van der Waals surface area contributed by atoms with Gasteiger partial charge in [0.1, 0.15) is 0 Å². The summed E-state index contributed by atoms with van der Waals surface area (Å²) in [6.07, 6.45) is 5.19. The molecule has 0 amide bonds. The van der Waals surface area contributed by atoms with E-state index in [4.69, 9.17) is 0 Å². The molecule has 80 valence electrons. The fourth-order valence-electron chi connectivity index (χ4n) is 1.40. The predicted molar refractivity (Wildman–Crippen MR) is 64.1 cm³/mol. The zero-order chi connectivity index (χ0) is 10.4. The van der Waals surface area contributed by atoms with Crippen LogP contribution in [0.15, 0.2) is 5.38 Å². The first-order chi connectivity index (χ1) is 6.72. The van der Waals surface area contributed by atoms with Crippen molar-refractivity contribution in [3.8, 4) is 0 Å². The van der Waals surface area contributed by atoms with Crippen LogP contribution >= 0.6 is 11.3 Å². The molecule has 1 atom stereocenters. The van der Waals surface area contributed by atoms with Crippen LogP contribution in [0.1, 0.15) is 45.2 Å². The van der Waals surface area contributed by atoms with E-state index in [1.807, 2.05) is 6.92 Å². The van der Waals surface area contributed by atoms with Crippen LogP contribution in [0, 0.1) is 6.92 Å². The Morgan fingerprint density at radius 3 is 2.86 bits per heavy atom. The Kier molecular flexibility index (Phi) is 4.94. The monoisotopic (exact) mass is 212 g/mol. The molecule has 1 unspecified atom stereocenters. The smallest absolute Gasteiger partial charge is 0.183 e. The Bertz CT molecular complexity index is 258. The summed E-state index contributed by atoms with van der Waals surface area (Å²) in [6, 6.07) is 0.548. The van der Waals surface area contributed by atoms with Crippen LogP contribution in [-0.2, 0) is 0 Å². The molecular formula is C11H20N2S. The van der Waals surface area contributed by atoms with Crippen molar-refractivity contribution in [2.24, 2.45) is 0 Å². The molecule has 0 aliphatic heterocycles. The van der Waals surface area contributed by atoms with E-state index in [0.29, 0.717) is 6.04 Å². The van der Waals surface area contributed by atoms with Gasteiger partial charge in [-0.15, -0.1) is 11.3 Å². The van der Waals surface area contributed by atoms with E-state index in [0.717, 1.165) is 10.8 Å². The van der Waals surface area contributed by atoms with Gasteiger partial charge in [-0.25, -0.2) is 4.98 Å². The molecule has 0 spiro atoms. The lowest BCUT2D eigenvalue weighted by atomic mass is 10.1. The Labute approximate surface area is 90.8 Å². The molecule has 0 bridgehead atoms. The van der Waals surface area contributed by atoms with Crippen molar-refractivity contribution >= 4 is 16.5 Å². The second-order valence-corrected chi connectivity index (χ2v) is 4.69. The van der Waals surface area contributed by atoms with Gasteiger partial charge in [-0.05, 0) is 20.3 Å². The van der Waals surface area contributed by atoms with Gasteiger partial charge in [0.05, 0.1) is 5.69 Å². The highest BCUT2D eigenvalue weighted by Gasteiger charge is 2.03. The van der Waals surface area contributed by atoms with Gasteiger partial charge in [-0.1, -0.05) is 26.2 Å². The number of nitrogens with one attached hydrogen (secondary N) is 1. The van der Waals surface area contributed by atoms with Gasteiger partial charge in [-0.2, -0.15) is 0 Å². The molecule has 0 saturated heterocycles. The Hall–Kier alpha value is -0.570. The van der Waals surface area contributed by atoms with Crippen LogP contribution < -0.4 is 5.32 Å². The van der Waals surface area contributed by atoms with Gasteiger partial charge in [0.2, 0.25) is 0 Å². The third-order valence-corrected chi connectivity index (χ3v) is 3.12. The zero-order valence-corrected chi connectivity index (χ0v) is 10.2.